The molecule has 6 heteroatoms. The first-order valence-electron chi connectivity index (χ1n) is 9.69. The van der Waals surface area contributed by atoms with Crippen LogP contribution in [0.4, 0.5) is 4.79 Å². The highest BCUT2D eigenvalue weighted by Gasteiger charge is 2.38. The second kappa shape index (κ2) is 9.24. The molecule has 1 aromatic rings. The van der Waals surface area contributed by atoms with Crippen molar-refractivity contribution in [1.82, 2.24) is 15.5 Å². The molecule has 1 heterocycles. The highest BCUT2D eigenvalue weighted by Crippen LogP contribution is 2.33. The van der Waals surface area contributed by atoms with Crippen molar-refractivity contribution in [3.63, 3.8) is 0 Å². The number of hydrogen-bond donors (Lipinski definition) is 2. The molecule has 0 unspecified atom stereocenters. The molecule has 0 aromatic heterocycles. The van der Waals surface area contributed by atoms with Crippen molar-refractivity contribution in [2.45, 2.75) is 44.2 Å². The quantitative estimate of drug-likeness (QED) is 0.817. The molecule has 1 saturated heterocycles. The number of carbonyl (C=O) groups excluding carboxylic acids is 1. The van der Waals surface area contributed by atoms with E-state index in [9.17, 15) is 4.79 Å². The molecule has 0 atom stereocenters. The van der Waals surface area contributed by atoms with Crippen LogP contribution in [0.2, 0.25) is 0 Å². The number of benzene rings is 1. The molecule has 1 aliphatic carbocycles. The number of nitrogens with zero attached hydrogens (tertiary/aromatic N) is 1. The fourth-order valence-corrected chi connectivity index (χ4v) is 4.12. The summed E-state index contributed by atoms with van der Waals surface area (Å²) in [5, 5.41) is 6.09. The van der Waals surface area contributed by atoms with E-state index in [4.69, 9.17) is 9.47 Å². The standard InChI is InChI=1S/C20H31N3O3/c1-25-18-7-5-6-17(14-18)15-21-19(24)22-16-20(8-3-2-4-9-20)23-10-12-26-13-11-23/h5-7,14H,2-4,8-13,15-16H2,1H3,(H2,21,22,24). The second-order valence-corrected chi connectivity index (χ2v) is 7.27. The van der Waals surface area contributed by atoms with Gasteiger partial charge in [0.1, 0.15) is 5.75 Å². The van der Waals surface area contributed by atoms with Gasteiger partial charge in [-0.05, 0) is 30.5 Å². The molecule has 6 nitrogen and oxygen atoms in total. The van der Waals surface area contributed by atoms with Gasteiger partial charge in [-0.25, -0.2) is 4.79 Å². The lowest BCUT2D eigenvalue weighted by Gasteiger charge is -2.48. The summed E-state index contributed by atoms with van der Waals surface area (Å²) in [5.74, 6) is 0.804. The van der Waals surface area contributed by atoms with E-state index in [-0.39, 0.29) is 11.6 Å². The van der Waals surface area contributed by atoms with Crippen LogP contribution in [0.5, 0.6) is 5.75 Å². The monoisotopic (exact) mass is 361 g/mol. The Kier molecular flexibility index (Phi) is 6.74. The Morgan fingerprint density at radius 1 is 1.19 bits per heavy atom. The summed E-state index contributed by atoms with van der Waals surface area (Å²) < 4.78 is 10.7. The third kappa shape index (κ3) is 4.89. The van der Waals surface area contributed by atoms with Gasteiger partial charge in [0.25, 0.3) is 0 Å². The topological polar surface area (TPSA) is 62.8 Å². The zero-order valence-corrected chi connectivity index (χ0v) is 15.8. The maximum atomic E-state index is 12.3. The third-order valence-electron chi connectivity index (χ3n) is 5.63. The Hall–Kier alpha value is -1.79. The molecule has 2 amide bonds. The van der Waals surface area contributed by atoms with Gasteiger partial charge in [-0.15, -0.1) is 0 Å². The lowest BCUT2D eigenvalue weighted by atomic mass is 9.80. The van der Waals surface area contributed by atoms with Crippen LogP contribution in [0, 0.1) is 0 Å². The van der Waals surface area contributed by atoms with Gasteiger partial charge in [0.2, 0.25) is 0 Å². The van der Waals surface area contributed by atoms with Gasteiger partial charge < -0.3 is 20.1 Å². The molecule has 0 spiro atoms. The molecule has 1 saturated carbocycles. The van der Waals surface area contributed by atoms with Crippen LogP contribution >= 0.6 is 0 Å². The van der Waals surface area contributed by atoms with Crippen LogP contribution in [0.1, 0.15) is 37.7 Å². The Morgan fingerprint density at radius 2 is 1.96 bits per heavy atom. The summed E-state index contributed by atoms with van der Waals surface area (Å²) in [7, 11) is 1.65. The normalized spacial score (nSPS) is 20.3. The van der Waals surface area contributed by atoms with Gasteiger partial charge in [0.05, 0.1) is 20.3 Å². The predicted octanol–water partition coefficient (Wildman–Crippen LogP) is 2.53. The van der Waals surface area contributed by atoms with E-state index in [1.54, 1.807) is 7.11 Å². The number of nitrogens with one attached hydrogen (secondary N) is 2. The second-order valence-electron chi connectivity index (χ2n) is 7.27. The first kappa shape index (κ1) is 19.0. The fourth-order valence-electron chi connectivity index (χ4n) is 4.12. The highest BCUT2D eigenvalue weighted by atomic mass is 16.5. The predicted molar refractivity (Wildman–Crippen MR) is 101 cm³/mol. The lowest BCUT2D eigenvalue weighted by Crippen LogP contribution is -2.60. The SMILES string of the molecule is COc1cccc(CNC(=O)NCC2(N3CCOCC3)CCCCC2)c1. The molecule has 2 aliphatic rings. The molecule has 0 bridgehead atoms. The van der Waals surface area contributed by atoms with E-state index in [1.807, 2.05) is 24.3 Å². The molecule has 1 aromatic carbocycles. The average molecular weight is 361 g/mol. The molecule has 144 valence electrons. The average Bonchev–Trinajstić information content (AvgIpc) is 2.72. The van der Waals surface area contributed by atoms with E-state index in [0.717, 1.165) is 50.5 Å². The van der Waals surface area contributed by atoms with E-state index >= 15 is 0 Å². The van der Waals surface area contributed by atoms with Gasteiger partial charge in [-0.1, -0.05) is 31.4 Å². The summed E-state index contributed by atoms with van der Waals surface area (Å²) in [4.78, 5) is 14.9. The Morgan fingerprint density at radius 3 is 2.69 bits per heavy atom. The Labute approximate surface area is 156 Å². The minimum atomic E-state index is -0.106. The van der Waals surface area contributed by atoms with Crippen LogP contribution in [0.25, 0.3) is 0 Å². The summed E-state index contributed by atoms with van der Waals surface area (Å²) in [5.41, 5.74) is 1.12. The number of methoxy groups -OCH3 is 1. The van der Waals surface area contributed by atoms with Crippen molar-refractivity contribution in [3.8, 4) is 5.75 Å². The molecule has 2 N–H and O–H groups in total. The summed E-state index contributed by atoms with van der Waals surface area (Å²) in [6, 6.07) is 7.66. The third-order valence-corrected chi connectivity index (χ3v) is 5.63. The number of ether oxygens (including phenoxy) is 2. The zero-order chi connectivity index (χ0) is 18.2. The number of hydrogen-bond acceptors (Lipinski definition) is 4. The van der Waals surface area contributed by atoms with Crippen molar-refractivity contribution in [3.05, 3.63) is 29.8 Å². The van der Waals surface area contributed by atoms with Crippen molar-refractivity contribution in [1.29, 1.82) is 0 Å². The molecule has 0 radical (unpaired) electrons. The number of rotatable bonds is 6. The summed E-state index contributed by atoms with van der Waals surface area (Å²) in [6.45, 7) is 4.72. The van der Waals surface area contributed by atoms with Gasteiger partial charge in [0.15, 0.2) is 0 Å². The molecule has 1 aliphatic heterocycles. The molecular weight excluding hydrogens is 330 g/mol. The largest absolute Gasteiger partial charge is 0.497 e. The molecule has 2 fully saturated rings. The number of morpholine rings is 1. The Balaban J connectivity index is 1.52. The van der Waals surface area contributed by atoms with E-state index in [2.05, 4.69) is 15.5 Å². The maximum absolute atomic E-state index is 12.3. The van der Waals surface area contributed by atoms with Crippen molar-refractivity contribution < 1.29 is 14.3 Å². The Bertz CT molecular complexity index is 581. The van der Waals surface area contributed by atoms with Gasteiger partial charge in [-0.3, -0.25) is 4.90 Å². The highest BCUT2D eigenvalue weighted by molar-refractivity contribution is 5.73. The van der Waals surface area contributed by atoms with Crippen LogP contribution in [0.3, 0.4) is 0 Å². The minimum Gasteiger partial charge on any atom is -0.497 e. The van der Waals surface area contributed by atoms with Crippen LogP contribution in [0.15, 0.2) is 24.3 Å². The number of amides is 2. The van der Waals surface area contributed by atoms with Gasteiger partial charge in [-0.2, -0.15) is 0 Å². The van der Waals surface area contributed by atoms with E-state index < -0.39 is 0 Å². The van der Waals surface area contributed by atoms with Crippen LogP contribution in [-0.2, 0) is 11.3 Å². The van der Waals surface area contributed by atoms with Crippen LogP contribution < -0.4 is 15.4 Å². The number of carbonyl (C=O) groups is 1. The van der Waals surface area contributed by atoms with E-state index in [1.165, 1.54) is 19.3 Å². The van der Waals surface area contributed by atoms with Crippen LogP contribution in [-0.4, -0.2) is 56.4 Å². The minimum absolute atomic E-state index is 0.0926. The van der Waals surface area contributed by atoms with Crippen molar-refractivity contribution in [2.75, 3.05) is 40.0 Å². The summed E-state index contributed by atoms with van der Waals surface area (Å²) in [6.07, 6.45) is 6.09. The van der Waals surface area contributed by atoms with Crippen molar-refractivity contribution >= 4 is 6.03 Å². The van der Waals surface area contributed by atoms with Gasteiger partial charge in [0, 0.05) is 31.7 Å². The smallest absolute Gasteiger partial charge is 0.315 e. The molecule has 3 rings (SSSR count). The fraction of sp³-hybridized carbons (Fsp3) is 0.650. The summed E-state index contributed by atoms with van der Waals surface area (Å²) >= 11 is 0. The first-order valence-corrected chi connectivity index (χ1v) is 9.69. The van der Waals surface area contributed by atoms with Crippen molar-refractivity contribution in [2.24, 2.45) is 0 Å². The maximum Gasteiger partial charge on any atom is 0.315 e. The molecule has 26 heavy (non-hydrogen) atoms. The molecular formula is C20H31N3O3. The lowest BCUT2D eigenvalue weighted by molar-refractivity contribution is -0.0357. The van der Waals surface area contributed by atoms with Gasteiger partial charge >= 0.3 is 6.03 Å². The first-order chi connectivity index (χ1) is 12.7. The number of urea groups is 1. The van der Waals surface area contributed by atoms with E-state index in [0.29, 0.717) is 13.1 Å². The zero-order valence-electron chi connectivity index (χ0n) is 15.8.